The average Bonchev–Trinajstić information content (AvgIpc) is 3.18. The molecule has 4 rings (SSSR count). The van der Waals surface area contributed by atoms with Crippen LogP contribution in [0.5, 0.6) is 5.75 Å². The van der Waals surface area contributed by atoms with E-state index in [4.69, 9.17) is 9.47 Å². The van der Waals surface area contributed by atoms with Crippen molar-refractivity contribution in [1.82, 2.24) is 0 Å². The van der Waals surface area contributed by atoms with Crippen molar-refractivity contribution in [2.45, 2.75) is 65.6 Å². The number of nitrogens with one attached hydrogen (secondary N) is 1. The Labute approximate surface area is 207 Å². The molecule has 0 radical (unpaired) electrons. The van der Waals surface area contributed by atoms with E-state index in [1.807, 2.05) is 27.7 Å². The van der Waals surface area contributed by atoms with Crippen LogP contribution in [-0.2, 0) is 14.3 Å². The van der Waals surface area contributed by atoms with E-state index in [-0.39, 0.29) is 30.3 Å². The predicted octanol–water partition coefficient (Wildman–Crippen LogP) is 4.79. The molecular formula is C28H37NO6. The molecule has 8 atom stereocenters. The number of hydrogen-bond acceptors (Lipinski definition) is 6. The Kier molecular flexibility index (Phi) is 6.37. The smallest absolute Gasteiger partial charge is 0.411 e. The van der Waals surface area contributed by atoms with E-state index in [1.165, 1.54) is 0 Å². The summed E-state index contributed by atoms with van der Waals surface area (Å²) in [5, 5.41) is 14.3. The summed E-state index contributed by atoms with van der Waals surface area (Å²) in [6.07, 6.45) is 0.880. The first-order valence-electron chi connectivity index (χ1n) is 12.4. The number of carbonyl (C=O) groups excluding carboxylic acids is 3. The van der Waals surface area contributed by atoms with Gasteiger partial charge in [-0.3, -0.25) is 14.9 Å². The molecule has 0 unspecified atom stereocenters. The lowest BCUT2D eigenvalue weighted by Crippen LogP contribution is -2.65. The minimum absolute atomic E-state index is 0.0591. The van der Waals surface area contributed by atoms with Gasteiger partial charge in [-0.05, 0) is 48.4 Å². The van der Waals surface area contributed by atoms with E-state index in [2.05, 4.69) is 11.9 Å². The van der Waals surface area contributed by atoms with Gasteiger partial charge in [0, 0.05) is 41.2 Å². The lowest BCUT2D eigenvalue weighted by atomic mass is 9.43. The van der Waals surface area contributed by atoms with Gasteiger partial charge in [0.15, 0.2) is 0 Å². The number of rotatable bonds is 4. The van der Waals surface area contributed by atoms with Crippen LogP contribution in [0.1, 0.15) is 53.4 Å². The van der Waals surface area contributed by atoms with Crippen molar-refractivity contribution in [3.8, 4) is 5.75 Å². The number of anilines is 1. The van der Waals surface area contributed by atoms with Crippen molar-refractivity contribution in [2.75, 3.05) is 12.4 Å². The van der Waals surface area contributed by atoms with Gasteiger partial charge in [0.25, 0.3) is 0 Å². The first kappa shape index (κ1) is 25.4. The van der Waals surface area contributed by atoms with Crippen LogP contribution in [0.25, 0.3) is 0 Å². The highest BCUT2D eigenvalue weighted by Gasteiger charge is 2.70. The van der Waals surface area contributed by atoms with Crippen molar-refractivity contribution in [2.24, 2.45) is 34.0 Å². The summed E-state index contributed by atoms with van der Waals surface area (Å²) in [7, 11) is 1.56. The number of ether oxygens (including phenoxy) is 2. The Morgan fingerprint density at radius 2 is 1.83 bits per heavy atom. The SMILES string of the molecule is C=C[C@]1(C)C[C@@H](OC(=O)Nc2ccc(OC)cc2)[C@@]2(C)[C@@H]3C(=O)CC[C@@]3(CC(=O)[C@@H]2C)[C@@H](C)[C@@H]1O. The summed E-state index contributed by atoms with van der Waals surface area (Å²) in [6, 6.07) is 6.87. The third-order valence-electron chi connectivity index (χ3n) is 9.70. The van der Waals surface area contributed by atoms with Crippen LogP contribution in [0.15, 0.2) is 36.9 Å². The number of carbonyl (C=O) groups is 3. The Morgan fingerprint density at radius 3 is 2.43 bits per heavy atom. The summed E-state index contributed by atoms with van der Waals surface area (Å²) in [6.45, 7) is 11.6. The molecule has 0 aromatic heterocycles. The summed E-state index contributed by atoms with van der Waals surface area (Å²) < 4.78 is 11.2. The van der Waals surface area contributed by atoms with Crippen molar-refractivity contribution in [1.29, 1.82) is 0 Å². The Bertz CT molecular complexity index is 1030. The molecule has 3 aliphatic rings. The molecule has 0 saturated heterocycles. The normalized spacial score (nSPS) is 40.8. The summed E-state index contributed by atoms with van der Waals surface area (Å²) in [5.74, 6) is -0.418. The first-order chi connectivity index (χ1) is 16.4. The summed E-state index contributed by atoms with van der Waals surface area (Å²) >= 11 is 0. The van der Waals surface area contributed by atoms with E-state index in [9.17, 15) is 19.5 Å². The lowest BCUT2D eigenvalue weighted by molar-refractivity contribution is -0.192. The quantitative estimate of drug-likeness (QED) is 0.597. The Balaban J connectivity index is 1.76. The van der Waals surface area contributed by atoms with Crippen LogP contribution >= 0.6 is 0 Å². The van der Waals surface area contributed by atoms with Crippen LogP contribution in [-0.4, -0.2) is 42.1 Å². The molecule has 3 saturated carbocycles. The first-order valence-corrected chi connectivity index (χ1v) is 12.4. The molecule has 190 valence electrons. The van der Waals surface area contributed by atoms with Gasteiger partial charge in [-0.2, -0.15) is 0 Å². The van der Waals surface area contributed by atoms with Crippen LogP contribution in [0.2, 0.25) is 0 Å². The molecule has 0 heterocycles. The molecule has 1 aromatic carbocycles. The molecule has 35 heavy (non-hydrogen) atoms. The fourth-order valence-electron chi connectivity index (χ4n) is 7.26. The molecule has 2 bridgehead atoms. The molecule has 1 aromatic rings. The maximum Gasteiger partial charge on any atom is 0.411 e. The highest BCUT2D eigenvalue weighted by molar-refractivity contribution is 5.92. The zero-order valence-corrected chi connectivity index (χ0v) is 21.3. The number of hydrogen-bond donors (Lipinski definition) is 2. The zero-order chi connectivity index (χ0) is 25.8. The molecule has 0 aliphatic heterocycles. The van der Waals surface area contributed by atoms with Gasteiger partial charge < -0.3 is 14.6 Å². The predicted molar refractivity (Wildman–Crippen MR) is 132 cm³/mol. The third-order valence-corrected chi connectivity index (χ3v) is 9.70. The van der Waals surface area contributed by atoms with Crippen LogP contribution in [0, 0.1) is 34.0 Å². The van der Waals surface area contributed by atoms with Crippen molar-refractivity contribution < 1.29 is 29.0 Å². The Hall–Kier alpha value is -2.67. The topological polar surface area (TPSA) is 102 Å². The van der Waals surface area contributed by atoms with Gasteiger partial charge in [-0.25, -0.2) is 4.79 Å². The summed E-state index contributed by atoms with van der Waals surface area (Å²) in [4.78, 5) is 40.0. The van der Waals surface area contributed by atoms with Crippen LogP contribution in [0.4, 0.5) is 10.5 Å². The fraction of sp³-hybridized carbons (Fsp3) is 0.607. The Morgan fingerprint density at radius 1 is 1.17 bits per heavy atom. The van der Waals surface area contributed by atoms with Gasteiger partial charge >= 0.3 is 6.09 Å². The van der Waals surface area contributed by atoms with Gasteiger partial charge in [-0.15, -0.1) is 6.58 Å². The second kappa shape index (κ2) is 8.77. The minimum atomic E-state index is -0.904. The molecule has 0 spiro atoms. The minimum Gasteiger partial charge on any atom is -0.497 e. The van der Waals surface area contributed by atoms with E-state index in [0.717, 1.165) is 0 Å². The molecule has 2 N–H and O–H groups in total. The molecule has 3 fully saturated rings. The maximum absolute atomic E-state index is 13.4. The van der Waals surface area contributed by atoms with Crippen LogP contribution in [0.3, 0.4) is 0 Å². The van der Waals surface area contributed by atoms with Gasteiger partial charge in [0.2, 0.25) is 0 Å². The highest BCUT2D eigenvalue weighted by Crippen LogP contribution is 2.67. The van der Waals surface area contributed by atoms with E-state index >= 15 is 0 Å². The zero-order valence-electron chi connectivity index (χ0n) is 21.3. The monoisotopic (exact) mass is 483 g/mol. The number of Topliss-reactive ketones (excluding diaryl/α,β-unsaturated/α-hetero) is 2. The second-order valence-corrected chi connectivity index (χ2v) is 11.3. The molecule has 7 nitrogen and oxygen atoms in total. The number of methoxy groups -OCH3 is 1. The molecule has 3 aliphatic carbocycles. The van der Waals surface area contributed by atoms with Crippen molar-refractivity contribution >= 4 is 23.3 Å². The average molecular weight is 484 g/mol. The number of aliphatic hydroxyl groups excluding tert-OH is 1. The molecular weight excluding hydrogens is 446 g/mol. The fourth-order valence-corrected chi connectivity index (χ4v) is 7.26. The van der Waals surface area contributed by atoms with E-state index in [1.54, 1.807) is 37.5 Å². The number of benzene rings is 1. The lowest BCUT2D eigenvalue weighted by Gasteiger charge is -2.61. The number of amides is 1. The van der Waals surface area contributed by atoms with Crippen molar-refractivity contribution in [3.05, 3.63) is 36.9 Å². The standard InChI is InChI=1S/C28H37NO6/c1-7-26(4)15-22(35-25(33)29-18-8-10-19(34-6)11-9-18)27(5)16(2)21(31)14-28(17(3)24(26)32)13-12-20(30)23(27)28/h7-11,16-17,22-24,32H,1,12-15H2,2-6H3,(H,29,33)/t16-,17-,22+,23-,24-,26+,27-,28+/m0/s1. The molecule has 7 heteroatoms. The van der Waals surface area contributed by atoms with E-state index in [0.29, 0.717) is 24.3 Å². The number of ketones is 2. The third kappa shape index (κ3) is 3.79. The van der Waals surface area contributed by atoms with Crippen molar-refractivity contribution in [3.63, 3.8) is 0 Å². The van der Waals surface area contributed by atoms with Crippen LogP contribution < -0.4 is 10.1 Å². The number of aliphatic hydroxyl groups is 1. The second-order valence-electron chi connectivity index (χ2n) is 11.3. The molecule has 1 amide bonds. The van der Waals surface area contributed by atoms with Gasteiger partial charge in [0.1, 0.15) is 23.4 Å². The van der Waals surface area contributed by atoms with Gasteiger partial charge in [-0.1, -0.05) is 33.8 Å². The largest absolute Gasteiger partial charge is 0.497 e. The van der Waals surface area contributed by atoms with E-state index < -0.39 is 46.4 Å². The maximum atomic E-state index is 13.4. The van der Waals surface area contributed by atoms with Gasteiger partial charge in [0.05, 0.1) is 13.2 Å². The summed E-state index contributed by atoms with van der Waals surface area (Å²) in [5.41, 5.74) is -1.80. The highest BCUT2D eigenvalue weighted by atomic mass is 16.6.